The first-order valence-corrected chi connectivity index (χ1v) is 11.2. The molecule has 0 radical (unpaired) electrons. The number of piperidine rings is 1. The van der Waals surface area contributed by atoms with Crippen molar-refractivity contribution in [1.29, 1.82) is 5.41 Å². The first kappa shape index (κ1) is 24.0. The van der Waals surface area contributed by atoms with E-state index in [1.807, 2.05) is 12.1 Å². The van der Waals surface area contributed by atoms with Gasteiger partial charge in [0, 0.05) is 49.2 Å². The minimum Gasteiger partial charge on any atom is -0.493 e. The summed E-state index contributed by atoms with van der Waals surface area (Å²) < 4.78 is 10.8. The van der Waals surface area contributed by atoms with Crippen molar-refractivity contribution in [2.75, 3.05) is 37.7 Å². The van der Waals surface area contributed by atoms with Gasteiger partial charge in [0.25, 0.3) is 0 Å². The highest BCUT2D eigenvalue weighted by Crippen LogP contribution is 2.23. The summed E-state index contributed by atoms with van der Waals surface area (Å²) in [7, 11) is 0. The molecule has 0 unspecified atom stereocenters. The molecule has 176 valence electrons. The maximum Gasteiger partial charge on any atom is 0.341 e. The molecule has 2 heterocycles. The van der Waals surface area contributed by atoms with Crippen LogP contribution in [0.3, 0.4) is 0 Å². The number of aromatic nitrogens is 1. The number of amides is 1. The van der Waals surface area contributed by atoms with E-state index in [9.17, 15) is 9.59 Å². The van der Waals surface area contributed by atoms with Gasteiger partial charge >= 0.3 is 5.97 Å². The average Bonchev–Trinajstić information content (AvgIpc) is 2.84. The normalized spacial score (nSPS) is 13.9. The van der Waals surface area contributed by atoms with E-state index < -0.39 is 5.97 Å². The molecule has 2 aromatic rings. The van der Waals surface area contributed by atoms with Crippen LogP contribution in [0.4, 0.5) is 5.69 Å². The van der Waals surface area contributed by atoms with Crippen molar-refractivity contribution in [2.45, 2.75) is 26.2 Å². The fraction of sp³-hybridized carbons (Fsp3) is 0.417. The van der Waals surface area contributed by atoms with Crippen molar-refractivity contribution >= 4 is 23.4 Å². The van der Waals surface area contributed by atoms with Crippen molar-refractivity contribution in [3.63, 3.8) is 0 Å². The Morgan fingerprint density at radius 1 is 1.21 bits per heavy atom. The smallest absolute Gasteiger partial charge is 0.341 e. The standard InChI is InChI=1S/C24H31N5O4/c1-2-32-24(31)20-5-4-18(22(25)26)16-21(20)33-15-3-10-28-23(30)17-8-13-29(14-9-17)19-6-11-27-12-7-19/h4-7,11-12,16-17H,2-3,8-10,13-15H2,1H3,(H3,25,26)(H,28,30). The van der Waals surface area contributed by atoms with Gasteiger partial charge in [-0.05, 0) is 50.5 Å². The maximum atomic E-state index is 12.5. The van der Waals surface area contributed by atoms with Crippen molar-refractivity contribution in [3.05, 3.63) is 53.9 Å². The number of esters is 1. The Morgan fingerprint density at radius 3 is 2.61 bits per heavy atom. The lowest BCUT2D eigenvalue weighted by Gasteiger charge is -2.32. The van der Waals surface area contributed by atoms with Gasteiger partial charge in [-0.2, -0.15) is 0 Å². The number of amidine groups is 1. The number of ether oxygens (including phenoxy) is 2. The number of nitrogens with zero attached hydrogens (tertiary/aromatic N) is 2. The average molecular weight is 454 g/mol. The number of hydrogen-bond donors (Lipinski definition) is 3. The highest BCUT2D eigenvalue weighted by atomic mass is 16.5. The van der Waals surface area contributed by atoms with E-state index in [0.717, 1.165) is 31.6 Å². The van der Waals surface area contributed by atoms with E-state index in [4.69, 9.17) is 20.6 Å². The van der Waals surface area contributed by atoms with Crippen LogP contribution >= 0.6 is 0 Å². The minimum absolute atomic E-state index is 0.00618. The van der Waals surface area contributed by atoms with Crippen LogP contribution in [0, 0.1) is 11.3 Å². The van der Waals surface area contributed by atoms with Gasteiger partial charge in [0.15, 0.2) is 0 Å². The molecule has 1 aromatic carbocycles. The summed E-state index contributed by atoms with van der Waals surface area (Å²) in [4.78, 5) is 31.0. The summed E-state index contributed by atoms with van der Waals surface area (Å²) in [5, 5.41) is 10.6. The Bertz CT molecular complexity index is 959. The highest BCUT2D eigenvalue weighted by Gasteiger charge is 2.24. The van der Waals surface area contributed by atoms with E-state index in [-0.39, 0.29) is 29.8 Å². The number of nitrogens with one attached hydrogen (secondary N) is 2. The third-order valence-corrected chi connectivity index (χ3v) is 5.56. The van der Waals surface area contributed by atoms with E-state index in [2.05, 4.69) is 15.2 Å². The molecule has 1 aliphatic rings. The third-order valence-electron chi connectivity index (χ3n) is 5.56. The number of nitrogen functional groups attached to an aromatic ring is 1. The molecule has 0 spiro atoms. The lowest BCUT2D eigenvalue weighted by atomic mass is 9.95. The molecule has 9 heteroatoms. The molecular formula is C24H31N5O4. The van der Waals surface area contributed by atoms with Gasteiger partial charge in [-0.3, -0.25) is 15.2 Å². The summed E-state index contributed by atoms with van der Waals surface area (Å²) in [5.41, 5.74) is 7.43. The number of carbonyl (C=O) groups is 2. The van der Waals surface area contributed by atoms with Crippen molar-refractivity contribution < 1.29 is 19.1 Å². The molecule has 3 rings (SSSR count). The summed E-state index contributed by atoms with van der Waals surface area (Å²) >= 11 is 0. The highest BCUT2D eigenvalue weighted by molar-refractivity contribution is 5.98. The summed E-state index contributed by atoms with van der Waals surface area (Å²) in [6.07, 6.45) is 5.76. The van der Waals surface area contributed by atoms with Gasteiger partial charge in [0.2, 0.25) is 5.91 Å². The van der Waals surface area contributed by atoms with E-state index in [1.165, 1.54) is 0 Å². The lowest BCUT2D eigenvalue weighted by molar-refractivity contribution is -0.125. The largest absolute Gasteiger partial charge is 0.493 e. The third kappa shape index (κ3) is 6.68. The lowest BCUT2D eigenvalue weighted by Crippen LogP contribution is -2.41. The SMILES string of the molecule is CCOC(=O)c1ccc(C(=N)N)cc1OCCCNC(=O)C1CCN(c2ccncc2)CC1. The number of anilines is 1. The Hall–Kier alpha value is -3.62. The number of benzene rings is 1. The van der Waals surface area contributed by atoms with Crippen LogP contribution in [-0.4, -0.2) is 55.5 Å². The number of carbonyl (C=O) groups excluding carboxylic acids is 2. The van der Waals surface area contributed by atoms with Gasteiger partial charge in [-0.15, -0.1) is 0 Å². The van der Waals surface area contributed by atoms with Gasteiger partial charge in [0.05, 0.1) is 13.2 Å². The topological polar surface area (TPSA) is 131 Å². The molecule has 1 fully saturated rings. The molecule has 1 aliphatic heterocycles. The van der Waals surface area contributed by atoms with Crippen LogP contribution in [0.25, 0.3) is 0 Å². The molecule has 33 heavy (non-hydrogen) atoms. The molecule has 1 aromatic heterocycles. The van der Waals surface area contributed by atoms with E-state index in [1.54, 1.807) is 37.5 Å². The second kappa shape index (κ2) is 11.8. The fourth-order valence-electron chi connectivity index (χ4n) is 3.75. The Labute approximate surface area is 193 Å². The molecule has 1 saturated heterocycles. The summed E-state index contributed by atoms with van der Waals surface area (Å²) in [6, 6.07) is 8.66. The van der Waals surface area contributed by atoms with Gasteiger partial charge < -0.3 is 25.4 Å². The van der Waals surface area contributed by atoms with Crippen molar-refractivity contribution in [3.8, 4) is 5.75 Å². The number of pyridine rings is 1. The molecular weight excluding hydrogens is 422 g/mol. The van der Waals surface area contributed by atoms with Gasteiger partial charge in [-0.25, -0.2) is 4.79 Å². The van der Waals surface area contributed by atoms with Crippen LogP contribution in [0.5, 0.6) is 5.75 Å². The second-order valence-electron chi connectivity index (χ2n) is 7.80. The fourth-order valence-corrected chi connectivity index (χ4v) is 3.75. The van der Waals surface area contributed by atoms with Crippen LogP contribution in [-0.2, 0) is 9.53 Å². The number of rotatable bonds is 10. The minimum atomic E-state index is -0.492. The Kier molecular flexibility index (Phi) is 8.63. The Morgan fingerprint density at radius 2 is 1.94 bits per heavy atom. The van der Waals surface area contributed by atoms with Crippen molar-refractivity contribution in [1.82, 2.24) is 10.3 Å². The molecule has 4 N–H and O–H groups in total. The predicted molar refractivity (Wildman–Crippen MR) is 126 cm³/mol. The summed E-state index contributed by atoms with van der Waals surface area (Å²) in [5.74, 6) is -0.218. The quantitative estimate of drug-likeness (QED) is 0.218. The Balaban J connectivity index is 1.43. The van der Waals surface area contributed by atoms with Crippen molar-refractivity contribution in [2.24, 2.45) is 11.7 Å². The predicted octanol–water partition coefficient (Wildman–Crippen LogP) is 2.34. The maximum absolute atomic E-state index is 12.5. The first-order chi connectivity index (χ1) is 16.0. The molecule has 9 nitrogen and oxygen atoms in total. The summed E-state index contributed by atoms with van der Waals surface area (Å²) in [6.45, 7) is 4.44. The molecule has 0 bridgehead atoms. The molecule has 0 aliphatic carbocycles. The number of hydrogen-bond acceptors (Lipinski definition) is 7. The zero-order valence-electron chi connectivity index (χ0n) is 18.9. The second-order valence-corrected chi connectivity index (χ2v) is 7.80. The van der Waals surface area contributed by atoms with Crippen LogP contribution < -0.4 is 20.7 Å². The van der Waals surface area contributed by atoms with Crippen LogP contribution in [0.2, 0.25) is 0 Å². The molecule has 1 amide bonds. The van der Waals surface area contributed by atoms with Gasteiger partial charge in [0.1, 0.15) is 17.1 Å². The van der Waals surface area contributed by atoms with Gasteiger partial charge in [-0.1, -0.05) is 6.07 Å². The number of nitrogens with two attached hydrogens (primary N) is 1. The monoisotopic (exact) mass is 453 g/mol. The van der Waals surface area contributed by atoms with E-state index in [0.29, 0.717) is 30.9 Å². The van der Waals surface area contributed by atoms with Crippen LogP contribution in [0.1, 0.15) is 42.1 Å². The molecule has 0 atom stereocenters. The molecule has 0 saturated carbocycles. The zero-order chi connectivity index (χ0) is 23.6. The first-order valence-electron chi connectivity index (χ1n) is 11.2. The zero-order valence-corrected chi connectivity index (χ0v) is 18.9. The van der Waals surface area contributed by atoms with Crippen LogP contribution in [0.15, 0.2) is 42.7 Å². The van der Waals surface area contributed by atoms with E-state index >= 15 is 0 Å².